The summed E-state index contributed by atoms with van der Waals surface area (Å²) in [5, 5.41) is 3.04. The number of aromatic nitrogens is 3. The maximum absolute atomic E-state index is 5.47. The van der Waals surface area contributed by atoms with Gasteiger partial charge in [0.05, 0.1) is 0 Å². The quantitative estimate of drug-likeness (QED) is 0.725. The van der Waals surface area contributed by atoms with Crippen LogP contribution in [0.4, 0.5) is 17.8 Å². The maximum Gasteiger partial charge on any atom is 0.229 e. The standard InChI is InChI=1S/C11H14N6/c1-7-2-4-8(5-3-7)6-14-11-16-9(12)15-10(13)17-11/h2-5H,6H2,1H3,(H5,12,13,14,15,16,17). The van der Waals surface area contributed by atoms with Crippen LogP contribution in [-0.4, -0.2) is 15.0 Å². The Morgan fingerprint density at radius 3 is 2.18 bits per heavy atom. The average Bonchev–Trinajstić information content (AvgIpc) is 2.27. The van der Waals surface area contributed by atoms with Gasteiger partial charge in [0.1, 0.15) is 0 Å². The topological polar surface area (TPSA) is 103 Å². The molecule has 0 saturated heterocycles. The lowest BCUT2D eigenvalue weighted by atomic mass is 10.1. The summed E-state index contributed by atoms with van der Waals surface area (Å²) in [6, 6.07) is 8.17. The van der Waals surface area contributed by atoms with Gasteiger partial charge in [-0.1, -0.05) is 29.8 Å². The SMILES string of the molecule is Cc1ccc(CNc2nc(N)nc(N)n2)cc1. The van der Waals surface area contributed by atoms with Crippen LogP contribution in [0.2, 0.25) is 0 Å². The minimum absolute atomic E-state index is 0.115. The van der Waals surface area contributed by atoms with Crippen LogP contribution in [0.25, 0.3) is 0 Å². The van der Waals surface area contributed by atoms with Crippen LogP contribution in [0, 0.1) is 6.92 Å². The molecule has 0 aliphatic carbocycles. The van der Waals surface area contributed by atoms with Crippen LogP contribution in [0.15, 0.2) is 24.3 Å². The van der Waals surface area contributed by atoms with Crippen LogP contribution in [-0.2, 0) is 6.54 Å². The van der Waals surface area contributed by atoms with Crippen molar-refractivity contribution >= 4 is 17.8 Å². The Morgan fingerprint density at radius 1 is 1.00 bits per heavy atom. The van der Waals surface area contributed by atoms with Gasteiger partial charge < -0.3 is 16.8 Å². The molecule has 17 heavy (non-hydrogen) atoms. The Hall–Kier alpha value is -2.37. The Kier molecular flexibility index (Phi) is 3.04. The zero-order valence-corrected chi connectivity index (χ0v) is 9.51. The van der Waals surface area contributed by atoms with Gasteiger partial charge >= 0.3 is 0 Å². The van der Waals surface area contributed by atoms with Gasteiger partial charge in [-0.05, 0) is 12.5 Å². The minimum Gasteiger partial charge on any atom is -0.368 e. The monoisotopic (exact) mass is 230 g/mol. The molecule has 1 heterocycles. The first kappa shape index (κ1) is 11.1. The number of nitrogens with zero attached hydrogens (tertiary/aromatic N) is 3. The van der Waals surface area contributed by atoms with Crippen molar-refractivity contribution in [2.45, 2.75) is 13.5 Å². The van der Waals surface area contributed by atoms with E-state index in [-0.39, 0.29) is 11.9 Å². The Morgan fingerprint density at radius 2 is 1.59 bits per heavy atom. The second-order valence-electron chi connectivity index (χ2n) is 3.71. The van der Waals surface area contributed by atoms with Crippen molar-refractivity contribution in [1.29, 1.82) is 0 Å². The van der Waals surface area contributed by atoms with E-state index < -0.39 is 0 Å². The molecule has 2 rings (SSSR count). The lowest BCUT2D eigenvalue weighted by molar-refractivity contribution is 1.02. The van der Waals surface area contributed by atoms with Crippen LogP contribution in [0.5, 0.6) is 0 Å². The molecule has 0 radical (unpaired) electrons. The summed E-state index contributed by atoms with van der Waals surface area (Å²) in [6.45, 7) is 2.66. The highest BCUT2D eigenvalue weighted by Gasteiger charge is 2.01. The Bertz CT molecular complexity index is 488. The van der Waals surface area contributed by atoms with Crippen molar-refractivity contribution in [2.24, 2.45) is 0 Å². The number of hydrogen-bond acceptors (Lipinski definition) is 6. The second kappa shape index (κ2) is 4.65. The predicted molar refractivity (Wildman–Crippen MR) is 67.2 cm³/mol. The van der Waals surface area contributed by atoms with Crippen LogP contribution >= 0.6 is 0 Å². The molecule has 6 nitrogen and oxygen atoms in total. The van der Waals surface area contributed by atoms with Crippen LogP contribution < -0.4 is 16.8 Å². The summed E-state index contributed by atoms with van der Waals surface area (Å²) >= 11 is 0. The van der Waals surface area contributed by atoms with E-state index in [4.69, 9.17) is 11.5 Å². The molecular weight excluding hydrogens is 216 g/mol. The smallest absolute Gasteiger partial charge is 0.229 e. The molecule has 88 valence electrons. The van der Waals surface area contributed by atoms with Crippen molar-refractivity contribution in [3.05, 3.63) is 35.4 Å². The molecule has 6 heteroatoms. The molecule has 5 N–H and O–H groups in total. The normalized spacial score (nSPS) is 10.2. The molecule has 0 unspecified atom stereocenters. The van der Waals surface area contributed by atoms with Gasteiger partial charge in [-0.2, -0.15) is 15.0 Å². The highest BCUT2D eigenvalue weighted by Crippen LogP contribution is 2.07. The van der Waals surface area contributed by atoms with Crippen molar-refractivity contribution in [3.8, 4) is 0 Å². The third-order valence-corrected chi connectivity index (χ3v) is 2.24. The highest BCUT2D eigenvalue weighted by molar-refractivity contribution is 5.38. The van der Waals surface area contributed by atoms with E-state index >= 15 is 0 Å². The third-order valence-electron chi connectivity index (χ3n) is 2.24. The van der Waals surface area contributed by atoms with Crippen molar-refractivity contribution in [2.75, 3.05) is 16.8 Å². The zero-order chi connectivity index (χ0) is 12.3. The number of nitrogen functional groups attached to an aromatic ring is 2. The third kappa shape index (κ3) is 3.04. The maximum atomic E-state index is 5.47. The lowest BCUT2D eigenvalue weighted by Gasteiger charge is -2.06. The first-order valence-electron chi connectivity index (χ1n) is 5.20. The number of rotatable bonds is 3. The van der Waals surface area contributed by atoms with Gasteiger partial charge in [-0.25, -0.2) is 0 Å². The van der Waals surface area contributed by atoms with Crippen molar-refractivity contribution < 1.29 is 0 Å². The van der Waals surface area contributed by atoms with Gasteiger partial charge in [-0.15, -0.1) is 0 Å². The van der Waals surface area contributed by atoms with Gasteiger partial charge in [0.2, 0.25) is 17.8 Å². The van der Waals surface area contributed by atoms with Gasteiger partial charge in [-0.3, -0.25) is 0 Å². The predicted octanol–water partition coefficient (Wildman–Crippen LogP) is 0.957. The number of nitrogens with one attached hydrogen (secondary N) is 1. The van der Waals surface area contributed by atoms with E-state index in [2.05, 4.69) is 20.3 Å². The van der Waals surface area contributed by atoms with Crippen LogP contribution in [0.1, 0.15) is 11.1 Å². The number of aryl methyl sites for hydroxylation is 1. The number of benzene rings is 1. The van der Waals surface area contributed by atoms with Crippen molar-refractivity contribution in [3.63, 3.8) is 0 Å². The average molecular weight is 230 g/mol. The minimum atomic E-state index is 0.115. The van der Waals surface area contributed by atoms with E-state index in [0.717, 1.165) is 5.56 Å². The summed E-state index contributed by atoms with van der Waals surface area (Å²) < 4.78 is 0. The molecule has 0 atom stereocenters. The van der Waals surface area contributed by atoms with Crippen molar-refractivity contribution in [1.82, 2.24) is 15.0 Å². The van der Waals surface area contributed by atoms with E-state index in [1.807, 2.05) is 31.2 Å². The van der Waals surface area contributed by atoms with Gasteiger partial charge in [0.15, 0.2) is 0 Å². The first-order valence-corrected chi connectivity index (χ1v) is 5.20. The summed E-state index contributed by atoms with van der Waals surface area (Å²) in [6.07, 6.45) is 0. The molecule has 0 bridgehead atoms. The van der Waals surface area contributed by atoms with Gasteiger partial charge in [0.25, 0.3) is 0 Å². The summed E-state index contributed by atoms with van der Waals surface area (Å²) in [5.74, 6) is 0.614. The molecule has 0 spiro atoms. The number of hydrogen-bond donors (Lipinski definition) is 3. The first-order chi connectivity index (χ1) is 8.13. The molecule has 0 aliphatic rings. The molecule has 0 amide bonds. The fourth-order valence-electron chi connectivity index (χ4n) is 1.38. The van der Waals surface area contributed by atoms with E-state index in [1.165, 1.54) is 5.56 Å². The molecular formula is C11H14N6. The molecule has 1 aromatic carbocycles. The molecule has 1 aromatic heterocycles. The van der Waals surface area contributed by atoms with Crippen LogP contribution in [0.3, 0.4) is 0 Å². The van der Waals surface area contributed by atoms with E-state index in [1.54, 1.807) is 0 Å². The lowest BCUT2D eigenvalue weighted by Crippen LogP contribution is -2.09. The number of anilines is 3. The fraction of sp³-hybridized carbons (Fsp3) is 0.182. The van der Waals surface area contributed by atoms with Gasteiger partial charge in [0, 0.05) is 6.54 Å². The highest BCUT2D eigenvalue weighted by atomic mass is 15.2. The van der Waals surface area contributed by atoms with E-state index in [9.17, 15) is 0 Å². The molecule has 0 fully saturated rings. The summed E-state index contributed by atoms with van der Waals surface area (Å²) in [4.78, 5) is 11.6. The molecule has 0 aliphatic heterocycles. The largest absolute Gasteiger partial charge is 0.368 e. The molecule has 0 saturated carbocycles. The fourth-order valence-corrected chi connectivity index (χ4v) is 1.38. The zero-order valence-electron chi connectivity index (χ0n) is 9.51. The van der Waals surface area contributed by atoms with E-state index in [0.29, 0.717) is 12.5 Å². The molecule has 2 aromatic rings. The summed E-state index contributed by atoms with van der Waals surface area (Å²) in [5.41, 5.74) is 13.3. The Balaban J connectivity index is 2.04. The summed E-state index contributed by atoms with van der Waals surface area (Å²) in [7, 11) is 0. The Labute approximate surface area is 99.1 Å². The second-order valence-corrected chi connectivity index (χ2v) is 3.71. The number of nitrogens with two attached hydrogens (primary N) is 2.